The monoisotopic (exact) mass is 909 g/mol. The van der Waals surface area contributed by atoms with Crippen LogP contribution in [0, 0.1) is 0 Å². The normalized spacial score (nSPS) is 12.5. The summed E-state index contributed by atoms with van der Waals surface area (Å²) in [5, 5.41) is 0. The van der Waals surface area contributed by atoms with Gasteiger partial charge in [0.2, 0.25) is 0 Å². The van der Waals surface area contributed by atoms with Crippen LogP contribution >= 0.6 is 0 Å². The third kappa shape index (κ3) is 51.9. The maximum Gasteiger partial charge on any atom is 0.306 e. The standard InChI is InChI=1S/C59H104O6/c1-4-7-10-13-16-19-21-23-25-27-29-31-33-35-37-40-43-46-49-52-58(61)64-55-56(54-63-57(60)51-48-45-42-39-18-15-12-9-6-3)65-59(62)53-50-47-44-41-38-36-34-32-30-28-26-24-22-20-17-14-11-8-5-2/h16-17,19-20,23-26,29,31,56H,4-15,18,21-22,27-28,30,32-55H2,1-3H3/b19-16-,20-17-,25-23-,26-24-,31-29-. The lowest BCUT2D eigenvalue weighted by Crippen LogP contribution is -2.30. The van der Waals surface area contributed by atoms with Crippen molar-refractivity contribution in [3.63, 3.8) is 0 Å². The third-order valence-corrected chi connectivity index (χ3v) is 12.0. The first kappa shape index (κ1) is 62.1. The largest absolute Gasteiger partial charge is 0.462 e. The van der Waals surface area contributed by atoms with Crippen molar-refractivity contribution in [3.8, 4) is 0 Å². The first-order chi connectivity index (χ1) is 32.0. The molecule has 0 bridgehead atoms. The summed E-state index contributed by atoms with van der Waals surface area (Å²) in [6.45, 7) is 6.57. The number of carbonyl (C=O) groups is 3. The Morgan fingerprint density at radius 1 is 0.308 bits per heavy atom. The smallest absolute Gasteiger partial charge is 0.306 e. The van der Waals surface area contributed by atoms with E-state index >= 15 is 0 Å². The molecule has 0 aliphatic heterocycles. The zero-order valence-corrected chi connectivity index (χ0v) is 43.0. The van der Waals surface area contributed by atoms with Crippen molar-refractivity contribution in [1.29, 1.82) is 0 Å². The van der Waals surface area contributed by atoms with Gasteiger partial charge in [0.05, 0.1) is 0 Å². The average molecular weight is 909 g/mol. The summed E-state index contributed by atoms with van der Waals surface area (Å²) in [5.41, 5.74) is 0. The molecule has 6 nitrogen and oxygen atoms in total. The number of allylic oxidation sites excluding steroid dienone is 10. The van der Waals surface area contributed by atoms with Gasteiger partial charge in [0, 0.05) is 19.3 Å². The van der Waals surface area contributed by atoms with Crippen molar-refractivity contribution in [2.45, 2.75) is 284 Å². The number of unbranched alkanes of at least 4 members (excludes halogenated alkanes) is 29. The molecule has 0 rings (SSSR count). The highest BCUT2D eigenvalue weighted by atomic mass is 16.6. The van der Waals surface area contributed by atoms with Gasteiger partial charge in [-0.3, -0.25) is 14.4 Å². The molecule has 0 amide bonds. The Morgan fingerprint density at radius 3 is 0.892 bits per heavy atom. The van der Waals surface area contributed by atoms with Crippen LogP contribution < -0.4 is 0 Å². The minimum absolute atomic E-state index is 0.0785. The summed E-state index contributed by atoms with van der Waals surface area (Å²) in [7, 11) is 0. The second-order valence-corrected chi connectivity index (χ2v) is 18.5. The van der Waals surface area contributed by atoms with E-state index in [-0.39, 0.29) is 31.1 Å². The summed E-state index contributed by atoms with van der Waals surface area (Å²) in [6.07, 6.45) is 66.3. The second kappa shape index (κ2) is 53.7. The van der Waals surface area contributed by atoms with E-state index in [1.165, 1.54) is 154 Å². The molecule has 0 aliphatic rings. The highest BCUT2D eigenvalue weighted by Crippen LogP contribution is 2.15. The van der Waals surface area contributed by atoms with E-state index in [1.54, 1.807) is 0 Å². The molecule has 0 heterocycles. The fourth-order valence-electron chi connectivity index (χ4n) is 7.77. The molecule has 0 aromatic carbocycles. The summed E-state index contributed by atoms with van der Waals surface area (Å²) < 4.78 is 16.8. The number of esters is 3. The summed E-state index contributed by atoms with van der Waals surface area (Å²) in [4.78, 5) is 38.0. The molecule has 0 spiro atoms. The van der Waals surface area contributed by atoms with Crippen LogP contribution in [0.15, 0.2) is 60.8 Å². The van der Waals surface area contributed by atoms with Crippen molar-refractivity contribution < 1.29 is 28.6 Å². The Bertz CT molecular complexity index is 1180. The van der Waals surface area contributed by atoms with E-state index in [2.05, 4.69) is 81.5 Å². The summed E-state index contributed by atoms with van der Waals surface area (Å²) in [5.74, 6) is -0.891. The van der Waals surface area contributed by atoms with E-state index in [9.17, 15) is 14.4 Å². The van der Waals surface area contributed by atoms with Crippen LogP contribution in [0.2, 0.25) is 0 Å². The van der Waals surface area contributed by atoms with Crippen LogP contribution in [0.3, 0.4) is 0 Å². The fourth-order valence-corrected chi connectivity index (χ4v) is 7.77. The Morgan fingerprint density at radius 2 is 0.554 bits per heavy atom. The number of ether oxygens (including phenoxy) is 3. The molecule has 65 heavy (non-hydrogen) atoms. The Labute approximate surface area is 402 Å². The number of carbonyl (C=O) groups excluding carboxylic acids is 3. The lowest BCUT2D eigenvalue weighted by Gasteiger charge is -2.18. The molecule has 376 valence electrons. The van der Waals surface area contributed by atoms with Gasteiger partial charge in [-0.15, -0.1) is 0 Å². The number of hydrogen-bond donors (Lipinski definition) is 0. The third-order valence-electron chi connectivity index (χ3n) is 12.0. The van der Waals surface area contributed by atoms with Gasteiger partial charge >= 0.3 is 17.9 Å². The summed E-state index contributed by atoms with van der Waals surface area (Å²) >= 11 is 0. The number of hydrogen-bond acceptors (Lipinski definition) is 6. The molecule has 1 unspecified atom stereocenters. The molecule has 0 aromatic heterocycles. The Kier molecular flexibility index (Phi) is 51.3. The molecular formula is C59H104O6. The molecule has 0 aliphatic carbocycles. The van der Waals surface area contributed by atoms with Gasteiger partial charge in [-0.25, -0.2) is 0 Å². The van der Waals surface area contributed by atoms with Gasteiger partial charge in [-0.05, 0) is 89.9 Å². The second-order valence-electron chi connectivity index (χ2n) is 18.5. The molecular weight excluding hydrogens is 805 g/mol. The molecule has 1 atom stereocenters. The number of rotatable bonds is 50. The van der Waals surface area contributed by atoms with Crippen LogP contribution in [0.5, 0.6) is 0 Å². The van der Waals surface area contributed by atoms with Gasteiger partial charge in [0.1, 0.15) is 13.2 Å². The van der Waals surface area contributed by atoms with Crippen LogP contribution in [-0.2, 0) is 28.6 Å². The van der Waals surface area contributed by atoms with Crippen LogP contribution in [0.1, 0.15) is 278 Å². The van der Waals surface area contributed by atoms with E-state index in [0.717, 1.165) is 83.5 Å². The van der Waals surface area contributed by atoms with Gasteiger partial charge in [0.25, 0.3) is 0 Å². The SMILES string of the molecule is CCCCC/C=C\C/C=C\C/C=C\CCCCCCCCC(=O)OCC(COC(=O)CCCCCCCCCCC)OC(=O)CCCCCCCCCCC/C=C\C/C=C\CCCCC. The minimum atomic E-state index is -0.779. The van der Waals surface area contributed by atoms with Gasteiger partial charge in [-0.2, -0.15) is 0 Å². The molecule has 0 radical (unpaired) electrons. The van der Waals surface area contributed by atoms with Crippen molar-refractivity contribution in [2.75, 3.05) is 13.2 Å². The van der Waals surface area contributed by atoms with Crippen molar-refractivity contribution in [3.05, 3.63) is 60.8 Å². The van der Waals surface area contributed by atoms with E-state index in [0.29, 0.717) is 19.3 Å². The first-order valence-corrected chi connectivity index (χ1v) is 27.8. The Balaban J connectivity index is 4.32. The van der Waals surface area contributed by atoms with Crippen LogP contribution in [0.4, 0.5) is 0 Å². The zero-order valence-electron chi connectivity index (χ0n) is 43.0. The first-order valence-electron chi connectivity index (χ1n) is 27.8. The average Bonchev–Trinajstić information content (AvgIpc) is 3.30. The molecule has 0 saturated carbocycles. The van der Waals surface area contributed by atoms with Crippen LogP contribution in [-0.4, -0.2) is 37.2 Å². The lowest BCUT2D eigenvalue weighted by atomic mass is 10.1. The highest BCUT2D eigenvalue weighted by molar-refractivity contribution is 5.71. The summed E-state index contributed by atoms with van der Waals surface area (Å²) in [6, 6.07) is 0. The zero-order chi connectivity index (χ0) is 47.2. The van der Waals surface area contributed by atoms with Gasteiger partial charge in [0.15, 0.2) is 6.10 Å². The lowest BCUT2D eigenvalue weighted by molar-refractivity contribution is -0.167. The highest BCUT2D eigenvalue weighted by Gasteiger charge is 2.19. The van der Waals surface area contributed by atoms with E-state index < -0.39 is 6.10 Å². The Hall–Kier alpha value is -2.89. The maximum absolute atomic E-state index is 12.8. The van der Waals surface area contributed by atoms with Crippen molar-refractivity contribution >= 4 is 17.9 Å². The molecule has 0 aromatic rings. The quantitative estimate of drug-likeness (QED) is 0.0262. The maximum atomic E-state index is 12.8. The fraction of sp³-hybridized carbons (Fsp3) is 0.780. The minimum Gasteiger partial charge on any atom is -0.462 e. The van der Waals surface area contributed by atoms with Crippen molar-refractivity contribution in [2.24, 2.45) is 0 Å². The molecule has 0 fully saturated rings. The van der Waals surface area contributed by atoms with Gasteiger partial charge in [-0.1, -0.05) is 229 Å². The topological polar surface area (TPSA) is 78.9 Å². The van der Waals surface area contributed by atoms with Gasteiger partial charge < -0.3 is 14.2 Å². The van der Waals surface area contributed by atoms with Crippen LogP contribution in [0.25, 0.3) is 0 Å². The predicted molar refractivity (Wildman–Crippen MR) is 279 cm³/mol. The molecule has 0 saturated heterocycles. The molecule has 0 N–H and O–H groups in total. The molecule has 6 heteroatoms. The van der Waals surface area contributed by atoms with Crippen molar-refractivity contribution in [1.82, 2.24) is 0 Å². The van der Waals surface area contributed by atoms with E-state index in [1.807, 2.05) is 0 Å². The van der Waals surface area contributed by atoms with E-state index in [4.69, 9.17) is 14.2 Å². The predicted octanol–water partition coefficient (Wildman–Crippen LogP) is 18.4.